The largest absolute Gasteiger partial charge is 0.481 e. The molecule has 0 saturated heterocycles. The third kappa shape index (κ3) is 20.9. The highest BCUT2D eigenvalue weighted by Gasteiger charge is 2.40. The summed E-state index contributed by atoms with van der Waals surface area (Å²) in [6.07, 6.45) is 1.73. The van der Waals surface area contributed by atoms with Gasteiger partial charge in [-0.05, 0) is 124 Å². The minimum atomic E-state index is -1.94. The predicted octanol–water partition coefficient (Wildman–Crippen LogP) is 7.23. The van der Waals surface area contributed by atoms with Gasteiger partial charge in [0.05, 0.1) is 29.9 Å². The first kappa shape index (κ1) is 76.5. The summed E-state index contributed by atoms with van der Waals surface area (Å²) in [4.78, 5) is 175. The molecule has 1 fully saturated rings. The Bertz CT molecular complexity index is 4210. The lowest BCUT2D eigenvalue weighted by molar-refractivity contribution is -0.144. The van der Waals surface area contributed by atoms with Gasteiger partial charge in [0.15, 0.2) is 22.1 Å². The highest BCUT2D eigenvalue weighted by molar-refractivity contribution is 7.80. The molecule has 4 aliphatic rings. The summed E-state index contributed by atoms with van der Waals surface area (Å²) in [5.41, 5.74) is 7.53. The summed E-state index contributed by atoms with van der Waals surface area (Å²) < 4.78 is 5.98. The van der Waals surface area contributed by atoms with Crippen molar-refractivity contribution >= 4 is 122 Å². The number of rotatable bonds is 32. The summed E-state index contributed by atoms with van der Waals surface area (Å²) in [7, 11) is 0. The van der Waals surface area contributed by atoms with Gasteiger partial charge in [-0.25, -0.2) is 19.2 Å². The van der Waals surface area contributed by atoms with Gasteiger partial charge in [0, 0.05) is 89.4 Å². The van der Waals surface area contributed by atoms with E-state index in [1.807, 2.05) is 12.1 Å². The molecule has 4 aromatic rings. The summed E-state index contributed by atoms with van der Waals surface area (Å²) >= 11 is 5.48. The molecular formula is C72H83N11O18S. The van der Waals surface area contributed by atoms with Crippen LogP contribution in [0.3, 0.4) is 0 Å². The highest BCUT2D eigenvalue weighted by Crippen LogP contribution is 2.42. The minimum Gasteiger partial charge on any atom is -0.481 e. The van der Waals surface area contributed by atoms with Crippen molar-refractivity contribution in [2.24, 2.45) is 17.1 Å². The Morgan fingerprint density at radius 2 is 1.30 bits per heavy atom. The number of amides is 8. The SMILES string of the molecule is CC(C)(C)C(=O)CN1C(=O)[C@H](NC(=O)Nc2cccc(C(=O)CC(CCC(=O)O)C(=O)NC(CCCNC(N)=O)C(=O)NC(CC(=O)O)C(=O)N[C@@H](CCCCNC(=S)Nc3ccc(-c4c5ccc(=O)cc-5oc5ccccc45)c(C(=O)O)c3)C(=O)O)c2)CN(C2CCCCC2)c2ccccc21. The Hall–Kier alpha value is -11.3. The van der Waals surface area contributed by atoms with Gasteiger partial charge in [0.2, 0.25) is 17.7 Å². The average Bonchev–Trinajstić information content (AvgIpc) is 0.796. The molecule has 8 rings (SSSR count). The number of nitrogens with zero attached hydrogens (tertiary/aromatic N) is 2. The molecule has 8 amide bonds. The van der Waals surface area contributed by atoms with E-state index in [0.29, 0.717) is 39.0 Å². The van der Waals surface area contributed by atoms with Crippen LogP contribution in [0.1, 0.15) is 131 Å². The third-order valence-electron chi connectivity index (χ3n) is 17.6. The fourth-order valence-electron chi connectivity index (χ4n) is 12.3. The maximum absolute atomic E-state index is 14.6. The molecular weight excluding hydrogens is 1340 g/mol. The molecule has 0 radical (unpaired) electrons. The molecule has 2 aliphatic heterocycles. The number of carboxylic acids is 4. The van der Waals surface area contributed by atoms with Crippen molar-refractivity contribution < 1.29 is 82.4 Å². The van der Waals surface area contributed by atoms with Crippen molar-refractivity contribution in [3.8, 4) is 22.5 Å². The topological polar surface area (TPSA) is 445 Å². The van der Waals surface area contributed by atoms with E-state index in [1.165, 1.54) is 47.4 Å². The van der Waals surface area contributed by atoms with Gasteiger partial charge >= 0.3 is 35.9 Å². The van der Waals surface area contributed by atoms with Crippen LogP contribution in [0, 0.1) is 11.3 Å². The number of thiocarbonyl (C=S) groups is 1. The number of para-hydroxylation sites is 3. The first-order chi connectivity index (χ1) is 48.5. The van der Waals surface area contributed by atoms with Crippen LogP contribution in [-0.4, -0.2) is 153 Å². The van der Waals surface area contributed by atoms with E-state index in [4.69, 9.17) is 22.4 Å². The van der Waals surface area contributed by atoms with Crippen molar-refractivity contribution in [1.29, 1.82) is 0 Å². The molecule has 29 nitrogen and oxygen atoms in total. The van der Waals surface area contributed by atoms with Gasteiger partial charge in [-0.1, -0.05) is 88.6 Å². The Morgan fingerprint density at radius 1 is 0.647 bits per heavy atom. The quantitative estimate of drug-likeness (QED) is 0.00857. The predicted molar refractivity (Wildman–Crippen MR) is 381 cm³/mol. The van der Waals surface area contributed by atoms with Crippen LogP contribution < -0.4 is 63.5 Å². The smallest absolute Gasteiger partial charge is 0.336 e. The number of primary amides is 1. The number of aromatic carboxylic acids is 1. The first-order valence-corrected chi connectivity index (χ1v) is 33.9. The van der Waals surface area contributed by atoms with E-state index < -0.39 is 127 Å². The monoisotopic (exact) mass is 1420 g/mol. The van der Waals surface area contributed by atoms with Crippen LogP contribution in [0.15, 0.2) is 118 Å². The second-order valence-electron chi connectivity index (χ2n) is 26.1. The number of hydrogen-bond donors (Lipinski definition) is 13. The lowest BCUT2D eigenvalue weighted by Gasteiger charge is -2.37. The third-order valence-corrected chi connectivity index (χ3v) is 17.9. The molecule has 4 aromatic carbocycles. The van der Waals surface area contributed by atoms with Crippen LogP contribution in [0.5, 0.6) is 0 Å². The highest BCUT2D eigenvalue weighted by atomic mass is 32.1. The number of nitrogens with two attached hydrogens (primary N) is 1. The number of carbonyl (C=O) groups is 12. The molecule has 30 heteroatoms. The second-order valence-corrected chi connectivity index (χ2v) is 26.6. The van der Waals surface area contributed by atoms with Crippen molar-refractivity contribution in [2.75, 3.05) is 46.6 Å². The molecule has 102 heavy (non-hydrogen) atoms. The number of nitrogens with one attached hydrogen (secondary N) is 8. The van der Waals surface area contributed by atoms with Crippen molar-refractivity contribution in [2.45, 2.75) is 141 Å². The molecule has 1 saturated carbocycles. The molecule has 5 atom stereocenters. The lowest BCUT2D eigenvalue weighted by Crippen LogP contribution is -2.56. The molecule has 3 unspecified atom stereocenters. The number of carbonyl (C=O) groups excluding carboxylic acids is 8. The number of urea groups is 2. The number of ketones is 2. The molecule has 0 spiro atoms. The van der Waals surface area contributed by atoms with Crippen LogP contribution >= 0.6 is 12.2 Å². The first-order valence-electron chi connectivity index (χ1n) is 33.4. The molecule has 14 N–H and O–H groups in total. The van der Waals surface area contributed by atoms with Crippen LogP contribution in [-0.2, 0) is 38.4 Å². The van der Waals surface area contributed by atoms with Crippen LogP contribution in [0.2, 0.25) is 0 Å². The summed E-state index contributed by atoms with van der Waals surface area (Å²) in [6.45, 7) is 5.12. The number of hydrogen-bond acceptors (Lipinski definition) is 16. The molecule has 2 heterocycles. The zero-order chi connectivity index (χ0) is 73.9. The zero-order valence-electron chi connectivity index (χ0n) is 56.5. The number of benzene rings is 5. The summed E-state index contributed by atoms with van der Waals surface area (Å²) in [5.74, 6) is -11.7. The van der Waals surface area contributed by atoms with Crippen molar-refractivity contribution in [3.05, 3.63) is 131 Å². The van der Waals surface area contributed by atoms with Crippen molar-refractivity contribution in [1.82, 2.24) is 31.9 Å². The number of fused-ring (bicyclic) bond motifs is 3. The van der Waals surface area contributed by atoms with Gasteiger partial charge in [-0.3, -0.25) is 43.2 Å². The number of unbranched alkanes of at least 4 members (excludes halogenated alkanes) is 1. The molecule has 540 valence electrons. The van der Waals surface area contributed by atoms with Gasteiger partial charge in [-0.15, -0.1) is 0 Å². The summed E-state index contributed by atoms with van der Waals surface area (Å²) in [6, 6.07) is 20.7. The van der Waals surface area contributed by atoms with Crippen LogP contribution in [0.4, 0.5) is 32.3 Å². The fourth-order valence-corrected chi connectivity index (χ4v) is 12.5. The fraction of sp³-hybridized carbons (Fsp3) is 0.389. The van der Waals surface area contributed by atoms with E-state index in [0.717, 1.165) is 37.8 Å². The van der Waals surface area contributed by atoms with Gasteiger partial charge < -0.3 is 82.9 Å². The summed E-state index contributed by atoms with van der Waals surface area (Å²) in [5, 5.41) is 61.6. The molecule has 2 aliphatic carbocycles. The average molecular weight is 1420 g/mol. The maximum atomic E-state index is 14.6. The normalized spacial score (nSPS) is 15.0. The maximum Gasteiger partial charge on any atom is 0.336 e. The number of aliphatic carboxylic acids is 3. The van der Waals surface area contributed by atoms with Gasteiger partial charge in [0.25, 0.3) is 5.91 Å². The van der Waals surface area contributed by atoms with E-state index in [1.54, 1.807) is 75.4 Å². The number of carboxylic acid groups (broad SMARTS) is 4. The van der Waals surface area contributed by atoms with Gasteiger partial charge in [0.1, 0.15) is 35.5 Å². The van der Waals surface area contributed by atoms with Crippen LogP contribution in [0.25, 0.3) is 33.4 Å². The van der Waals surface area contributed by atoms with E-state index in [9.17, 15) is 82.8 Å². The lowest BCUT2D eigenvalue weighted by atomic mass is 9.90. The number of Topliss-reactive ketones (excluding diaryl/α,β-unsaturated/α-hetero) is 2. The minimum absolute atomic E-state index is 0.0365. The van der Waals surface area contributed by atoms with Crippen molar-refractivity contribution in [3.63, 3.8) is 0 Å². The van der Waals surface area contributed by atoms with Gasteiger partial charge in [-0.2, -0.15) is 0 Å². The second kappa shape index (κ2) is 35.1. The Labute approximate surface area is 591 Å². The van der Waals surface area contributed by atoms with E-state index >= 15 is 0 Å². The molecule has 0 bridgehead atoms. The van der Waals surface area contributed by atoms with E-state index in [-0.39, 0.29) is 103 Å². The Balaban J connectivity index is 0.886. The standard InChI is InChI=1S/C72H83N11O18S/c1-72(2,3)59(86)39-83-55-23-9-8-22-54(55)82(44-17-5-4-6-18-44)38-53(66(83)94)81-70(100)76-42-16-13-15-40(33-42)56(85)34-41(25-30-60(87)88)63(91)78-50(21-14-32-74-69(73)99)64(92)80-52(37-61(89)90)65(93)79-51(68(97)98)20-11-12-31-75-71(102)77-43-26-28-46(49(35-43)67(95)96)62-47-19-7-10-24-57(47)101-58-36-45(84)27-29-48(58)62/h7-10,13,15-16,19,22-24,26-29,33,35-36,41,44,50-53H,4-6,11-12,14,17-18,20-21,25,30-32,34,37-39H2,1-3H3,(H,78,91)(H,79,93)(H,80,92)(H,87,88)(H,89,90)(H,95,96)(H,97,98)(H3,73,74,99)(H2,75,77,102)(H2,76,81,100)/t41?,50?,51-,52?,53+/m0/s1. The Kier molecular flexibility index (Phi) is 26.3. The zero-order valence-corrected chi connectivity index (χ0v) is 57.3. The van der Waals surface area contributed by atoms with E-state index in [2.05, 4.69) is 47.4 Å². The molecule has 0 aromatic heterocycles. The number of anilines is 4. The Morgan fingerprint density at radius 3 is 2.00 bits per heavy atom.